The van der Waals surface area contributed by atoms with Gasteiger partial charge in [0.05, 0.1) is 17.3 Å². The van der Waals surface area contributed by atoms with Crippen LogP contribution in [0.15, 0.2) is 29.2 Å². The van der Waals surface area contributed by atoms with Gasteiger partial charge in [-0.15, -0.1) is 11.8 Å². The molecule has 0 aliphatic rings. The number of non-ortho nitro benzene ring substituents is 1. The molecular weight excluding hydrogens is 254 g/mol. The molecule has 98 valence electrons. The Morgan fingerprint density at radius 1 is 1.39 bits per heavy atom. The van der Waals surface area contributed by atoms with Gasteiger partial charge in [0, 0.05) is 17.0 Å². The summed E-state index contributed by atoms with van der Waals surface area (Å²) in [6.45, 7) is 2.48. The van der Waals surface area contributed by atoms with E-state index in [-0.39, 0.29) is 17.4 Å². The summed E-state index contributed by atoms with van der Waals surface area (Å²) in [4.78, 5) is 22.1. The number of nitro benzene ring substituents is 1. The molecule has 0 N–H and O–H groups in total. The number of hydrogen-bond donors (Lipinski definition) is 0. The Hall–Kier alpha value is -1.56. The van der Waals surface area contributed by atoms with Gasteiger partial charge in [0.1, 0.15) is 0 Å². The summed E-state index contributed by atoms with van der Waals surface area (Å²) in [5, 5.41) is 10.4. The third kappa shape index (κ3) is 5.18. The third-order valence-corrected chi connectivity index (χ3v) is 3.15. The molecule has 0 aliphatic carbocycles. The molecule has 1 rings (SSSR count). The SMILES string of the molecule is CCCCOC(=O)CSc1ccc([N+](=O)[O-])cc1. The Kier molecular flexibility index (Phi) is 6.21. The van der Waals surface area contributed by atoms with Crippen molar-refractivity contribution in [3.05, 3.63) is 34.4 Å². The fourth-order valence-corrected chi connectivity index (χ4v) is 1.87. The molecule has 0 unspecified atom stereocenters. The minimum Gasteiger partial charge on any atom is -0.465 e. The number of thioether (sulfide) groups is 1. The van der Waals surface area contributed by atoms with E-state index in [1.807, 2.05) is 6.92 Å². The maximum Gasteiger partial charge on any atom is 0.316 e. The summed E-state index contributed by atoms with van der Waals surface area (Å²) in [5.74, 6) is -0.0339. The second-order valence-electron chi connectivity index (χ2n) is 3.61. The standard InChI is InChI=1S/C12H15NO4S/c1-2-3-8-17-12(14)9-18-11-6-4-10(5-7-11)13(15)16/h4-7H,2-3,8-9H2,1H3. The average molecular weight is 269 g/mol. The van der Waals surface area contributed by atoms with Crippen LogP contribution in [0.3, 0.4) is 0 Å². The van der Waals surface area contributed by atoms with E-state index in [9.17, 15) is 14.9 Å². The van der Waals surface area contributed by atoms with E-state index in [2.05, 4.69) is 0 Å². The van der Waals surface area contributed by atoms with E-state index in [1.54, 1.807) is 12.1 Å². The molecule has 5 nitrogen and oxygen atoms in total. The zero-order valence-corrected chi connectivity index (χ0v) is 10.9. The molecule has 6 heteroatoms. The van der Waals surface area contributed by atoms with Crippen molar-refractivity contribution in [2.24, 2.45) is 0 Å². The third-order valence-electron chi connectivity index (χ3n) is 2.17. The normalized spacial score (nSPS) is 10.1. The molecule has 18 heavy (non-hydrogen) atoms. The Labute approximate surface area is 110 Å². The van der Waals surface area contributed by atoms with Crippen LogP contribution in [-0.2, 0) is 9.53 Å². The van der Waals surface area contributed by atoms with Crippen molar-refractivity contribution in [1.29, 1.82) is 0 Å². The van der Waals surface area contributed by atoms with Crippen LogP contribution in [0.5, 0.6) is 0 Å². The molecule has 0 bridgehead atoms. The summed E-state index contributed by atoms with van der Waals surface area (Å²) in [7, 11) is 0. The van der Waals surface area contributed by atoms with Crippen LogP contribution in [0.1, 0.15) is 19.8 Å². The number of hydrogen-bond acceptors (Lipinski definition) is 5. The average Bonchev–Trinajstić information content (AvgIpc) is 2.37. The summed E-state index contributed by atoms with van der Waals surface area (Å²) < 4.78 is 5.00. The Balaban J connectivity index is 2.34. The minimum absolute atomic E-state index is 0.0462. The molecular formula is C12H15NO4S. The lowest BCUT2D eigenvalue weighted by Crippen LogP contribution is -2.08. The van der Waals surface area contributed by atoms with Crippen molar-refractivity contribution < 1.29 is 14.5 Å². The number of esters is 1. The first kappa shape index (κ1) is 14.5. The van der Waals surface area contributed by atoms with Crippen LogP contribution in [0.2, 0.25) is 0 Å². The minimum atomic E-state index is -0.451. The van der Waals surface area contributed by atoms with Gasteiger partial charge >= 0.3 is 5.97 Å². The molecule has 0 atom stereocenters. The first-order valence-corrected chi connectivity index (χ1v) is 6.65. The molecule has 0 saturated heterocycles. The monoisotopic (exact) mass is 269 g/mol. The molecule has 0 saturated carbocycles. The topological polar surface area (TPSA) is 69.4 Å². The number of nitro groups is 1. The zero-order chi connectivity index (χ0) is 13.4. The lowest BCUT2D eigenvalue weighted by Gasteiger charge is -2.03. The molecule has 0 spiro atoms. The molecule has 1 aromatic rings. The summed E-state index contributed by atoms with van der Waals surface area (Å²) >= 11 is 1.31. The maximum absolute atomic E-state index is 11.3. The number of carbonyl (C=O) groups excluding carboxylic acids is 1. The predicted molar refractivity (Wildman–Crippen MR) is 69.7 cm³/mol. The predicted octanol–water partition coefficient (Wildman–Crippen LogP) is 3.03. The fourth-order valence-electron chi connectivity index (χ4n) is 1.18. The fraction of sp³-hybridized carbons (Fsp3) is 0.417. The van der Waals surface area contributed by atoms with Gasteiger partial charge in [-0.3, -0.25) is 14.9 Å². The molecule has 0 amide bonds. The molecule has 0 aliphatic heterocycles. The van der Waals surface area contributed by atoms with Crippen LogP contribution in [0.4, 0.5) is 5.69 Å². The van der Waals surface area contributed by atoms with Gasteiger partial charge in [0.15, 0.2) is 0 Å². The van der Waals surface area contributed by atoms with E-state index in [4.69, 9.17) is 4.74 Å². The van der Waals surface area contributed by atoms with Crippen LogP contribution in [0.25, 0.3) is 0 Å². The van der Waals surface area contributed by atoms with Crippen LogP contribution < -0.4 is 0 Å². The van der Waals surface area contributed by atoms with E-state index >= 15 is 0 Å². The first-order valence-electron chi connectivity index (χ1n) is 5.66. The second-order valence-corrected chi connectivity index (χ2v) is 4.66. The Morgan fingerprint density at radius 3 is 2.61 bits per heavy atom. The van der Waals surface area contributed by atoms with Gasteiger partial charge in [-0.25, -0.2) is 0 Å². The van der Waals surface area contributed by atoms with Crippen molar-refractivity contribution in [2.75, 3.05) is 12.4 Å². The van der Waals surface area contributed by atoms with Gasteiger partial charge in [-0.2, -0.15) is 0 Å². The van der Waals surface area contributed by atoms with Crippen molar-refractivity contribution in [3.63, 3.8) is 0 Å². The maximum atomic E-state index is 11.3. The number of nitrogens with zero attached hydrogens (tertiary/aromatic N) is 1. The van der Waals surface area contributed by atoms with Crippen molar-refractivity contribution >= 4 is 23.4 Å². The molecule has 0 radical (unpaired) electrons. The van der Waals surface area contributed by atoms with Crippen LogP contribution >= 0.6 is 11.8 Å². The summed E-state index contributed by atoms with van der Waals surface area (Å²) in [5.41, 5.74) is 0.0462. The van der Waals surface area contributed by atoms with Gasteiger partial charge in [-0.05, 0) is 18.6 Å². The van der Waals surface area contributed by atoms with E-state index in [0.29, 0.717) is 6.61 Å². The summed E-state index contributed by atoms with van der Waals surface area (Å²) in [6, 6.07) is 6.10. The first-order chi connectivity index (χ1) is 8.63. The number of ether oxygens (including phenoxy) is 1. The van der Waals surface area contributed by atoms with Crippen molar-refractivity contribution in [2.45, 2.75) is 24.7 Å². The van der Waals surface area contributed by atoms with Crippen LogP contribution in [0, 0.1) is 10.1 Å². The Morgan fingerprint density at radius 2 is 2.06 bits per heavy atom. The quantitative estimate of drug-likeness (QED) is 0.250. The number of carbonyl (C=O) groups is 1. The van der Waals surface area contributed by atoms with Crippen molar-refractivity contribution in [3.8, 4) is 0 Å². The molecule has 0 heterocycles. The van der Waals surface area contributed by atoms with E-state index in [0.717, 1.165) is 17.7 Å². The number of unbranched alkanes of at least 4 members (excludes halogenated alkanes) is 1. The van der Waals surface area contributed by atoms with Gasteiger partial charge in [0.2, 0.25) is 0 Å². The lowest BCUT2D eigenvalue weighted by atomic mass is 10.3. The van der Waals surface area contributed by atoms with Crippen LogP contribution in [-0.4, -0.2) is 23.3 Å². The zero-order valence-electron chi connectivity index (χ0n) is 10.1. The lowest BCUT2D eigenvalue weighted by molar-refractivity contribution is -0.384. The number of rotatable bonds is 7. The van der Waals surface area contributed by atoms with Crippen molar-refractivity contribution in [1.82, 2.24) is 0 Å². The highest BCUT2D eigenvalue weighted by Crippen LogP contribution is 2.21. The van der Waals surface area contributed by atoms with E-state index < -0.39 is 4.92 Å². The molecule has 0 aromatic heterocycles. The highest BCUT2D eigenvalue weighted by Gasteiger charge is 2.07. The van der Waals surface area contributed by atoms with Gasteiger partial charge in [-0.1, -0.05) is 13.3 Å². The van der Waals surface area contributed by atoms with Gasteiger partial charge < -0.3 is 4.74 Å². The smallest absolute Gasteiger partial charge is 0.316 e. The molecule has 1 aromatic carbocycles. The summed E-state index contributed by atoms with van der Waals surface area (Å²) in [6.07, 6.45) is 1.86. The largest absolute Gasteiger partial charge is 0.465 e. The van der Waals surface area contributed by atoms with E-state index in [1.165, 1.54) is 23.9 Å². The number of benzene rings is 1. The molecule has 0 fully saturated rings. The highest BCUT2D eigenvalue weighted by molar-refractivity contribution is 8.00. The highest BCUT2D eigenvalue weighted by atomic mass is 32.2. The second kappa shape index (κ2) is 7.71. The van der Waals surface area contributed by atoms with Gasteiger partial charge in [0.25, 0.3) is 5.69 Å². The Bertz CT molecular complexity index is 405.